The minimum atomic E-state index is -0.843. The SMILES string of the molecule is NC(CSC1COC1)c1ccc(F)c(F)c1. The third-order valence-electron chi connectivity index (χ3n) is 2.49. The van der Waals surface area contributed by atoms with Crippen molar-refractivity contribution in [3.63, 3.8) is 0 Å². The molecule has 1 heterocycles. The molecule has 1 aliphatic heterocycles. The van der Waals surface area contributed by atoms with Crippen molar-refractivity contribution < 1.29 is 13.5 Å². The van der Waals surface area contributed by atoms with Crippen LogP contribution in [-0.4, -0.2) is 24.2 Å². The molecule has 2 nitrogen and oxygen atoms in total. The molecule has 5 heteroatoms. The summed E-state index contributed by atoms with van der Waals surface area (Å²) in [7, 11) is 0. The van der Waals surface area contributed by atoms with E-state index in [1.165, 1.54) is 6.07 Å². The van der Waals surface area contributed by atoms with Crippen LogP contribution in [0.4, 0.5) is 8.78 Å². The van der Waals surface area contributed by atoms with Crippen LogP contribution >= 0.6 is 11.8 Å². The van der Waals surface area contributed by atoms with Crippen LogP contribution in [-0.2, 0) is 4.74 Å². The molecule has 1 aliphatic rings. The van der Waals surface area contributed by atoms with Gasteiger partial charge in [0.15, 0.2) is 11.6 Å². The minimum Gasteiger partial charge on any atom is -0.379 e. The molecule has 0 spiro atoms. The van der Waals surface area contributed by atoms with Gasteiger partial charge in [0.1, 0.15) is 0 Å². The molecule has 0 aromatic heterocycles. The quantitative estimate of drug-likeness (QED) is 0.882. The van der Waals surface area contributed by atoms with E-state index in [0.29, 0.717) is 16.6 Å². The van der Waals surface area contributed by atoms with Gasteiger partial charge < -0.3 is 10.5 Å². The van der Waals surface area contributed by atoms with Crippen molar-refractivity contribution in [2.75, 3.05) is 19.0 Å². The Morgan fingerprint density at radius 3 is 2.69 bits per heavy atom. The molecule has 16 heavy (non-hydrogen) atoms. The summed E-state index contributed by atoms with van der Waals surface area (Å²) in [6, 6.07) is 3.54. The highest BCUT2D eigenvalue weighted by atomic mass is 32.2. The van der Waals surface area contributed by atoms with Crippen molar-refractivity contribution in [2.45, 2.75) is 11.3 Å². The van der Waals surface area contributed by atoms with Crippen molar-refractivity contribution in [3.05, 3.63) is 35.4 Å². The van der Waals surface area contributed by atoms with E-state index in [1.807, 2.05) is 0 Å². The summed E-state index contributed by atoms with van der Waals surface area (Å²) in [5.74, 6) is -0.986. The molecular weight excluding hydrogens is 232 g/mol. The summed E-state index contributed by atoms with van der Waals surface area (Å²) in [4.78, 5) is 0. The third-order valence-corrected chi connectivity index (χ3v) is 3.79. The van der Waals surface area contributed by atoms with Crippen LogP contribution in [0.25, 0.3) is 0 Å². The summed E-state index contributed by atoms with van der Waals surface area (Å²) in [5, 5.41) is 0.497. The summed E-state index contributed by atoms with van der Waals surface area (Å²) in [5.41, 5.74) is 6.52. The van der Waals surface area contributed by atoms with Gasteiger partial charge in [-0.3, -0.25) is 0 Å². The zero-order chi connectivity index (χ0) is 11.5. The zero-order valence-corrected chi connectivity index (χ0v) is 9.47. The highest BCUT2D eigenvalue weighted by molar-refractivity contribution is 8.00. The molecule has 88 valence electrons. The van der Waals surface area contributed by atoms with Crippen molar-refractivity contribution >= 4 is 11.8 Å². The molecule has 0 saturated carbocycles. The van der Waals surface area contributed by atoms with Gasteiger partial charge >= 0.3 is 0 Å². The molecule has 0 amide bonds. The first-order chi connectivity index (χ1) is 7.66. The van der Waals surface area contributed by atoms with Crippen LogP contribution in [0.3, 0.4) is 0 Å². The lowest BCUT2D eigenvalue weighted by atomic mass is 10.1. The second-order valence-corrected chi connectivity index (χ2v) is 5.11. The first kappa shape index (κ1) is 11.8. The van der Waals surface area contributed by atoms with Crippen LogP contribution < -0.4 is 5.73 Å². The van der Waals surface area contributed by atoms with Gasteiger partial charge in [0.2, 0.25) is 0 Å². The van der Waals surface area contributed by atoms with E-state index >= 15 is 0 Å². The maximum absolute atomic E-state index is 13.0. The van der Waals surface area contributed by atoms with Gasteiger partial charge in [-0.1, -0.05) is 6.07 Å². The van der Waals surface area contributed by atoms with E-state index in [4.69, 9.17) is 10.5 Å². The Hall–Kier alpha value is -0.650. The summed E-state index contributed by atoms with van der Waals surface area (Å²) in [6.45, 7) is 1.52. The Morgan fingerprint density at radius 1 is 1.38 bits per heavy atom. The normalized spacial score (nSPS) is 18.2. The van der Waals surface area contributed by atoms with Gasteiger partial charge in [-0.2, -0.15) is 11.8 Å². The number of rotatable bonds is 4. The number of thioether (sulfide) groups is 1. The summed E-state index contributed by atoms with van der Waals surface area (Å²) in [6.07, 6.45) is 0. The highest BCUT2D eigenvalue weighted by Crippen LogP contribution is 2.24. The Morgan fingerprint density at radius 2 is 2.12 bits per heavy atom. The van der Waals surface area contributed by atoms with Gasteiger partial charge in [0.25, 0.3) is 0 Å². The Bertz CT molecular complexity index is 371. The molecule has 1 fully saturated rings. The topological polar surface area (TPSA) is 35.2 Å². The highest BCUT2D eigenvalue weighted by Gasteiger charge is 2.20. The average molecular weight is 245 g/mol. The second-order valence-electron chi connectivity index (χ2n) is 3.77. The fourth-order valence-corrected chi connectivity index (χ4v) is 2.45. The smallest absolute Gasteiger partial charge is 0.159 e. The maximum atomic E-state index is 13.0. The van der Waals surface area contributed by atoms with Crippen LogP contribution in [0.5, 0.6) is 0 Å². The molecular formula is C11H13F2NOS. The monoisotopic (exact) mass is 245 g/mol. The molecule has 2 rings (SSSR count). The van der Waals surface area contributed by atoms with Gasteiger partial charge in [-0.15, -0.1) is 0 Å². The maximum Gasteiger partial charge on any atom is 0.159 e. The molecule has 1 atom stereocenters. The van der Waals surface area contributed by atoms with E-state index in [2.05, 4.69) is 0 Å². The first-order valence-electron chi connectivity index (χ1n) is 5.06. The van der Waals surface area contributed by atoms with Crippen LogP contribution in [0, 0.1) is 11.6 Å². The molecule has 1 unspecified atom stereocenters. The van der Waals surface area contributed by atoms with Crippen LogP contribution in [0.1, 0.15) is 11.6 Å². The van der Waals surface area contributed by atoms with E-state index < -0.39 is 11.6 Å². The average Bonchev–Trinajstić information content (AvgIpc) is 2.19. The van der Waals surface area contributed by atoms with Crippen molar-refractivity contribution in [1.29, 1.82) is 0 Å². The lowest BCUT2D eigenvalue weighted by molar-refractivity contribution is 0.0455. The van der Waals surface area contributed by atoms with Crippen LogP contribution in [0.2, 0.25) is 0 Å². The largest absolute Gasteiger partial charge is 0.379 e. The second kappa shape index (κ2) is 5.12. The number of nitrogens with two attached hydrogens (primary N) is 1. The van der Waals surface area contributed by atoms with E-state index in [0.717, 1.165) is 25.3 Å². The molecule has 0 aliphatic carbocycles. The predicted molar refractivity (Wildman–Crippen MR) is 60.4 cm³/mol. The summed E-state index contributed by atoms with van der Waals surface area (Å²) < 4.78 is 30.7. The Labute approximate surface area is 97.2 Å². The molecule has 1 saturated heterocycles. The van der Waals surface area contributed by atoms with E-state index in [1.54, 1.807) is 11.8 Å². The summed E-state index contributed by atoms with van der Waals surface area (Å²) >= 11 is 1.71. The fraction of sp³-hybridized carbons (Fsp3) is 0.455. The van der Waals surface area contributed by atoms with Crippen molar-refractivity contribution in [1.82, 2.24) is 0 Å². The number of ether oxygens (including phenoxy) is 1. The number of halogens is 2. The number of hydrogen-bond acceptors (Lipinski definition) is 3. The van der Waals surface area contributed by atoms with Crippen molar-refractivity contribution in [2.24, 2.45) is 5.73 Å². The van der Waals surface area contributed by atoms with E-state index in [9.17, 15) is 8.78 Å². The van der Waals surface area contributed by atoms with E-state index in [-0.39, 0.29) is 6.04 Å². The molecule has 0 bridgehead atoms. The number of benzene rings is 1. The van der Waals surface area contributed by atoms with Crippen LogP contribution in [0.15, 0.2) is 18.2 Å². The Kier molecular flexibility index (Phi) is 3.78. The fourth-order valence-electron chi connectivity index (χ4n) is 1.39. The molecule has 1 aromatic rings. The molecule has 2 N–H and O–H groups in total. The Balaban J connectivity index is 1.91. The van der Waals surface area contributed by atoms with Gasteiger partial charge in [-0.25, -0.2) is 8.78 Å². The lowest BCUT2D eigenvalue weighted by Gasteiger charge is -2.26. The van der Waals surface area contributed by atoms with Gasteiger partial charge in [0.05, 0.1) is 18.5 Å². The third kappa shape index (κ3) is 2.72. The van der Waals surface area contributed by atoms with Gasteiger partial charge in [0, 0.05) is 11.8 Å². The lowest BCUT2D eigenvalue weighted by Crippen LogP contribution is -2.31. The molecule has 1 aromatic carbocycles. The molecule has 0 radical (unpaired) electrons. The zero-order valence-electron chi connectivity index (χ0n) is 8.66. The standard InChI is InChI=1S/C11H13F2NOS/c12-9-2-1-7(3-10(9)13)11(14)6-16-8-4-15-5-8/h1-3,8,11H,4-6,14H2. The van der Waals surface area contributed by atoms with Gasteiger partial charge in [-0.05, 0) is 17.7 Å². The predicted octanol–water partition coefficient (Wildman–Crippen LogP) is 2.10. The first-order valence-corrected chi connectivity index (χ1v) is 6.11. The number of hydrogen-bond donors (Lipinski definition) is 1. The van der Waals surface area contributed by atoms with Crippen molar-refractivity contribution in [3.8, 4) is 0 Å². The minimum absolute atomic E-state index is 0.263.